The van der Waals surface area contributed by atoms with Crippen molar-refractivity contribution in [1.82, 2.24) is 4.98 Å². The Morgan fingerprint density at radius 1 is 1.18 bits per heavy atom. The van der Waals surface area contributed by atoms with Gasteiger partial charge in [0.1, 0.15) is 17.3 Å². The van der Waals surface area contributed by atoms with Crippen LogP contribution in [0.1, 0.15) is 17.8 Å². The van der Waals surface area contributed by atoms with Gasteiger partial charge in [-0.05, 0) is 31.0 Å². The van der Waals surface area contributed by atoms with E-state index < -0.39 is 0 Å². The first-order chi connectivity index (χ1) is 13.6. The molecule has 1 fully saturated rings. The Morgan fingerprint density at radius 3 is 2.64 bits per heavy atom. The molecule has 28 heavy (non-hydrogen) atoms. The van der Waals surface area contributed by atoms with Gasteiger partial charge in [0, 0.05) is 19.2 Å². The quantitative estimate of drug-likeness (QED) is 0.365. The molecular weight excluding hydrogens is 378 g/mol. The molecule has 0 saturated carbocycles. The first-order valence-electron chi connectivity index (χ1n) is 9.11. The number of carbonyl (C=O) groups is 1. The number of hydrogen-bond donors (Lipinski definition) is 0. The highest BCUT2D eigenvalue weighted by atomic mass is 32.1. The molecular formula is C20H19N3O4S. The predicted octanol–water partition coefficient (Wildman–Crippen LogP) is 4.16. The van der Waals surface area contributed by atoms with Gasteiger partial charge in [-0.15, -0.1) is 11.3 Å². The third-order valence-electron chi connectivity index (χ3n) is 4.92. The van der Waals surface area contributed by atoms with Gasteiger partial charge in [-0.25, -0.2) is 4.98 Å². The van der Waals surface area contributed by atoms with E-state index in [4.69, 9.17) is 4.74 Å². The highest BCUT2D eigenvalue weighted by Gasteiger charge is 2.29. The average molecular weight is 397 g/mol. The second kappa shape index (κ2) is 7.93. The minimum Gasteiger partial charge on any atom is -0.458 e. The van der Waals surface area contributed by atoms with Crippen LogP contribution in [0.2, 0.25) is 0 Å². The second-order valence-electron chi connectivity index (χ2n) is 6.69. The highest BCUT2D eigenvalue weighted by molar-refractivity contribution is 7.18. The van der Waals surface area contributed by atoms with Crippen LogP contribution in [0, 0.1) is 16.0 Å². The van der Waals surface area contributed by atoms with Crippen molar-refractivity contribution in [2.75, 3.05) is 18.0 Å². The van der Waals surface area contributed by atoms with E-state index in [9.17, 15) is 14.9 Å². The number of benzene rings is 2. The average Bonchev–Trinajstić information content (AvgIpc) is 3.15. The molecule has 4 rings (SSSR count). The molecule has 1 aliphatic rings. The van der Waals surface area contributed by atoms with E-state index in [1.807, 2.05) is 29.2 Å². The number of piperidine rings is 1. The van der Waals surface area contributed by atoms with E-state index in [0.717, 1.165) is 15.2 Å². The van der Waals surface area contributed by atoms with Crippen LogP contribution in [0.4, 0.5) is 11.4 Å². The third-order valence-corrected chi connectivity index (χ3v) is 5.93. The van der Waals surface area contributed by atoms with Gasteiger partial charge in [-0.1, -0.05) is 24.3 Å². The smallest absolute Gasteiger partial charge is 0.309 e. The lowest BCUT2D eigenvalue weighted by Crippen LogP contribution is -2.37. The molecule has 0 N–H and O–H groups in total. The molecule has 2 heterocycles. The van der Waals surface area contributed by atoms with Gasteiger partial charge in [0.25, 0.3) is 5.69 Å². The Balaban J connectivity index is 1.33. The number of nitro groups is 1. The summed E-state index contributed by atoms with van der Waals surface area (Å²) in [6, 6.07) is 14.5. The number of hydrogen-bond acceptors (Lipinski definition) is 7. The Morgan fingerprint density at radius 2 is 1.89 bits per heavy atom. The van der Waals surface area contributed by atoms with E-state index in [-0.39, 0.29) is 29.1 Å². The molecule has 7 nitrogen and oxygen atoms in total. The molecule has 0 amide bonds. The first kappa shape index (κ1) is 18.4. The number of esters is 1. The van der Waals surface area contributed by atoms with Crippen LogP contribution in [0.15, 0.2) is 48.5 Å². The van der Waals surface area contributed by atoms with Gasteiger partial charge >= 0.3 is 5.97 Å². The summed E-state index contributed by atoms with van der Waals surface area (Å²) in [5.41, 5.74) is 1.62. The molecule has 0 aliphatic carbocycles. The topological polar surface area (TPSA) is 85.6 Å². The van der Waals surface area contributed by atoms with Crippen LogP contribution < -0.4 is 4.90 Å². The normalized spacial score (nSPS) is 14.9. The van der Waals surface area contributed by atoms with Crippen molar-refractivity contribution >= 4 is 38.9 Å². The summed E-state index contributed by atoms with van der Waals surface area (Å²) in [6.45, 7) is 1.36. The molecule has 1 aromatic heterocycles. The molecule has 144 valence electrons. The van der Waals surface area contributed by atoms with E-state index >= 15 is 0 Å². The Kier molecular flexibility index (Phi) is 5.21. The van der Waals surface area contributed by atoms with Crippen molar-refractivity contribution in [2.45, 2.75) is 19.4 Å². The Labute approximate surface area is 165 Å². The summed E-state index contributed by atoms with van der Waals surface area (Å²) >= 11 is 1.53. The van der Waals surface area contributed by atoms with Crippen LogP contribution in [-0.2, 0) is 16.1 Å². The summed E-state index contributed by atoms with van der Waals surface area (Å²) in [5, 5.41) is 12.0. The van der Waals surface area contributed by atoms with Crippen molar-refractivity contribution in [2.24, 2.45) is 5.92 Å². The number of nitrogens with zero attached hydrogens (tertiary/aromatic N) is 3. The lowest BCUT2D eigenvalue weighted by Gasteiger charge is -2.32. The molecule has 0 bridgehead atoms. The minimum atomic E-state index is -0.367. The number of thiazole rings is 1. The number of ether oxygens (including phenoxy) is 1. The van der Waals surface area contributed by atoms with Crippen LogP contribution in [0.5, 0.6) is 0 Å². The van der Waals surface area contributed by atoms with E-state index in [0.29, 0.717) is 31.6 Å². The standard InChI is InChI=1S/C20H19N3O4S/c24-20(27-13-19-21-15-5-1-4-8-18(15)28-19)14-9-11-22(12-10-14)16-6-2-3-7-17(16)23(25)26/h1-8,14H,9-13H2. The SMILES string of the molecule is O=C(OCc1nc2ccccc2s1)C1CCN(c2ccccc2[N+](=O)[O-])CC1. The molecule has 3 aromatic rings. The van der Waals surface area contributed by atoms with Crippen molar-refractivity contribution in [3.8, 4) is 0 Å². The number of nitro benzene ring substituents is 1. The summed E-state index contributed by atoms with van der Waals surface area (Å²) < 4.78 is 6.56. The third kappa shape index (κ3) is 3.82. The van der Waals surface area contributed by atoms with Crippen LogP contribution in [-0.4, -0.2) is 29.0 Å². The largest absolute Gasteiger partial charge is 0.458 e. The van der Waals surface area contributed by atoms with Gasteiger partial charge < -0.3 is 9.64 Å². The maximum absolute atomic E-state index is 12.4. The zero-order valence-electron chi connectivity index (χ0n) is 15.1. The van der Waals surface area contributed by atoms with Gasteiger partial charge in [0.15, 0.2) is 0 Å². The monoisotopic (exact) mass is 397 g/mol. The van der Waals surface area contributed by atoms with Crippen molar-refractivity contribution < 1.29 is 14.5 Å². The fourth-order valence-electron chi connectivity index (χ4n) is 3.47. The van der Waals surface area contributed by atoms with Crippen LogP contribution in [0.25, 0.3) is 10.2 Å². The van der Waals surface area contributed by atoms with Crippen molar-refractivity contribution in [3.63, 3.8) is 0 Å². The number of anilines is 1. The maximum atomic E-state index is 12.4. The van der Waals surface area contributed by atoms with E-state index in [2.05, 4.69) is 4.98 Å². The molecule has 2 aromatic carbocycles. The van der Waals surface area contributed by atoms with Gasteiger partial charge in [-0.2, -0.15) is 0 Å². The fraction of sp³-hybridized carbons (Fsp3) is 0.300. The fourth-order valence-corrected chi connectivity index (χ4v) is 4.35. The van der Waals surface area contributed by atoms with Gasteiger partial charge in [0.2, 0.25) is 0 Å². The molecule has 0 radical (unpaired) electrons. The van der Waals surface area contributed by atoms with Crippen molar-refractivity contribution in [1.29, 1.82) is 0 Å². The van der Waals surface area contributed by atoms with Crippen LogP contribution >= 0.6 is 11.3 Å². The molecule has 0 atom stereocenters. The molecule has 1 saturated heterocycles. The van der Waals surface area contributed by atoms with E-state index in [1.54, 1.807) is 18.2 Å². The highest BCUT2D eigenvalue weighted by Crippen LogP contribution is 2.31. The Bertz CT molecular complexity index is 978. The maximum Gasteiger partial charge on any atom is 0.309 e. The lowest BCUT2D eigenvalue weighted by atomic mass is 9.96. The lowest BCUT2D eigenvalue weighted by molar-refractivity contribution is -0.384. The number of rotatable bonds is 5. The van der Waals surface area contributed by atoms with Gasteiger partial charge in [-0.3, -0.25) is 14.9 Å². The predicted molar refractivity (Wildman–Crippen MR) is 107 cm³/mol. The summed E-state index contributed by atoms with van der Waals surface area (Å²) in [5.74, 6) is -0.408. The number of para-hydroxylation sites is 3. The minimum absolute atomic E-state index is 0.0966. The van der Waals surface area contributed by atoms with E-state index in [1.165, 1.54) is 17.4 Å². The zero-order chi connectivity index (χ0) is 19.5. The molecule has 0 spiro atoms. The molecule has 8 heteroatoms. The Hall–Kier alpha value is -3.00. The van der Waals surface area contributed by atoms with Gasteiger partial charge in [0.05, 0.1) is 21.1 Å². The summed E-state index contributed by atoms with van der Waals surface area (Å²) in [7, 11) is 0. The summed E-state index contributed by atoms with van der Waals surface area (Å²) in [6.07, 6.45) is 1.23. The molecule has 1 aliphatic heterocycles. The second-order valence-corrected chi connectivity index (χ2v) is 7.81. The zero-order valence-corrected chi connectivity index (χ0v) is 15.9. The number of carbonyl (C=O) groups excluding carboxylic acids is 1. The van der Waals surface area contributed by atoms with Crippen LogP contribution in [0.3, 0.4) is 0 Å². The number of fused-ring (bicyclic) bond motifs is 1. The van der Waals surface area contributed by atoms with Crippen molar-refractivity contribution in [3.05, 3.63) is 63.7 Å². The molecule has 0 unspecified atom stereocenters. The summed E-state index contributed by atoms with van der Waals surface area (Å²) in [4.78, 5) is 29.7. The number of aromatic nitrogens is 1. The first-order valence-corrected chi connectivity index (χ1v) is 9.93.